The highest BCUT2D eigenvalue weighted by molar-refractivity contribution is 8.03. The Labute approximate surface area is 91.7 Å². The fourth-order valence-electron chi connectivity index (χ4n) is 1.07. The quantitative estimate of drug-likeness (QED) is 0.804. The molecule has 0 heterocycles. The van der Waals surface area contributed by atoms with Gasteiger partial charge in [-0.25, -0.2) is 0 Å². The third-order valence-electron chi connectivity index (χ3n) is 1.65. The highest BCUT2D eigenvalue weighted by atomic mass is 32.2. The molecule has 0 unspecified atom stereocenters. The zero-order chi connectivity index (χ0) is 9.84. The van der Waals surface area contributed by atoms with Crippen LogP contribution in [0.4, 0.5) is 0 Å². The summed E-state index contributed by atoms with van der Waals surface area (Å²) in [4.78, 5) is 3.56. The van der Waals surface area contributed by atoms with Gasteiger partial charge in [-0.15, -0.1) is 35.3 Å². The molecular formula is C9H12OS3. The van der Waals surface area contributed by atoms with E-state index in [1.54, 1.807) is 35.3 Å². The van der Waals surface area contributed by atoms with Gasteiger partial charge in [-0.05, 0) is 30.9 Å². The monoisotopic (exact) mass is 232 g/mol. The van der Waals surface area contributed by atoms with Crippen molar-refractivity contribution in [3.63, 3.8) is 0 Å². The molecule has 0 saturated heterocycles. The van der Waals surface area contributed by atoms with Gasteiger partial charge in [0.1, 0.15) is 5.75 Å². The minimum Gasteiger partial charge on any atom is -0.508 e. The largest absolute Gasteiger partial charge is 0.508 e. The van der Waals surface area contributed by atoms with Gasteiger partial charge in [-0.2, -0.15) is 0 Å². The first-order valence-corrected chi connectivity index (χ1v) is 7.39. The number of phenolic OH excluding ortho intramolecular Hbond substituents is 1. The summed E-state index contributed by atoms with van der Waals surface area (Å²) in [5.41, 5.74) is 0. The third-order valence-corrected chi connectivity index (χ3v) is 4.28. The molecule has 1 rings (SSSR count). The molecule has 0 bridgehead atoms. The summed E-state index contributed by atoms with van der Waals surface area (Å²) in [5.74, 6) is 0.353. The lowest BCUT2D eigenvalue weighted by atomic mass is 10.3. The number of hydrogen-bond acceptors (Lipinski definition) is 4. The molecule has 0 spiro atoms. The van der Waals surface area contributed by atoms with E-state index in [1.807, 2.05) is 24.6 Å². The summed E-state index contributed by atoms with van der Waals surface area (Å²) >= 11 is 5.07. The first kappa shape index (κ1) is 11.1. The molecule has 0 radical (unpaired) electrons. The summed E-state index contributed by atoms with van der Waals surface area (Å²) in [6.07, 6.45) is 6.11. The summed E-state index contributed by atoms with van der Waals surface area (Å²) in [5, 5.41) is 9.44. The molecule has 0 aliphatic rings. The molecule has 0 saturated carbocycles. The van der Waals surface area contributed by atoms with Crippen LogP contribution in [-0.2, 0) is 0 Å². The van der Waals surface area contributed by atoms with Crippen LogP contribution in [0, 0.1) is 0 Å². The van der Waals surface area contributed by atoms with Crippen LogP contribution in [-0.4, -0.2) is 23.9 Å². The Bertz CT molecular complexity index is 274. The molecule has 1 nitrogen and oxygen atoms in total. The lowest BCUT2D eigenvalue weighted by Crippen LogP contribution is -1.82. The van der Waals surface area contributed by atoms with Crippen LogP contribution in [0.5, 0.6) is 5.75 Å². The second-order valence-corrected chi connectivity index (χ2v) is 4.90. The van der Waals surface area contributed by atoms with E-state index in [-0.39, 0.29) is 0 Å². The average molecular weight is 232 g/mol. The molecule has 0 aliphatic carbocycles. The number of thioether (sulfide) groups is 3. The van der Waals surface area contributed by atoms with Crippen LogP contribution in [0.2, 0.25) is 0 Å². The molecule has 0 atom stereocenters. The molecule has 0 aromatic heterocycles. The molecule has 0 aliphatic heterocycles. The molecule has 0 fully saturated rings. The number of rotatable bonds is 3. The zero-order valence-electron chi connectivity index (χ0n) is 7.83. The lowest BCUT2D eigenvalue weighted by Gasteiger charge is -2.09. The number of benzene rings is 1. The van der Waals surface area contributed by atoms with Crippen LogP contribution < -0.4 is 0 Å². The van der Waals surface area contributed by atoms with Crippen LogP contribution >= 0.6 is 35.3 Å². The Morgan fingerprint density at radius 2 is 1.38 bits per heavy atom. The van der Waals surface area contributed by atoms with Gasteiger partial charge in [0.2, 0.25) is 0 Å². The van der Waals surface area contributed by atoms with E-state index in [1.165, 1.54) is 4.90 Å². The first-order valence-electron chi connectivity index (χ1n) is 3.72. The van der Waals surface area contributed by atoms with E-state index in [4.69, 9.17) is 0 Å². The summed E-state index contributed by atoms with van der Waals surface area (Å²) < 4.78 is 0. The third kappa shape index (κ3) is 2.51. The minimum absolute atomic E-state index is 0.353. The van der Waals surface area contributed by atoms with Crippen LogP contribution in [0.15, 0.2) is 26.8 Å². The van der Waals surface area contributed by atoms with Gasteiger partial charge >= 0.3 is 0 Å². The second-order valence-electron chi connectivity index (χ2n) is 2.38. The van der Waals surface area contributed by atoms with Gasteiger partial charge in [-0.1, -0.05) is 0 Å². The maximum absolute atomic E-state index is 9.44. The fourth-order valence-corrected chi connectivity index (χ4v) is 3.72. The Morgan fingerprint density at radius 3 is 1.69 bits per heavy atom. The standard InChI is InChI=1S/C9H12OS3/c1-11-7-4-6(10)5-8(12-2)9(7)13-3/h4-5,10H,1-3H3. The van der Waals surface area contributed by atoms with Crippen molar-refractivity contribution in [1.82, 2.24) is 0 Å². The lowest BCUT2D eigenvalue weighted by molar-refractivity contribution is 0.471. The van der Waals surface area contributed by atoms with Gasteiger partial charge in [0.05, 0.1) is 0 Å². The van der Waals surface area contributed by atoms with Gasteiger partial charge < -0.3 is 5.11 Å². The van der Waals surface area contributed by atoms with Crippen molar-refractivity contribution in [2.75, 3.05) is 18.8 Å². The van der Waals surface area contributed by atoms with Crippen LogP contribution in [0.1, 0.15) is 0 Å². The molecule has 1 aromatic carbocycles. The van der Waals surface area contributed by atoms with Gasteiger partial charge in [0, 0.05) is 14.7 Å². The Hall–Kier alpha value is 0.0700. The van der Waals surface area contributed by atoms with Gasteiger partial charge in [-0.3, -0.25) is 0 Å². The van der Waals surface area contributed by atoms with E-state index in [2.05, 4.69) is 6.26 Å². The minimum atomic E-state index is 0.353. The van der Waals surface area contributed by atoms with E-state index in [0.717, 1.165) is 9.79 Å². The summed E-state index contributed by atoms with van der Waals surface area (Å²) in [6, 6.07) is 3.63. The Balaban J connectivity index is 3.25. The number of phenols is 1. The smallest absolute Gasteiger partial charge is 0.117 e. The van der Waals surface area contributed by atoms with Crippen LogP contribution in [0.3, 0.4) is 0 Å². The van der Waals surface area contributed by atoms with Crippen molar-refractivity contribution < 1.29 is 5.11 Å². The number of hydrogen-bond donors (Lipinski definition) is 1. The highest BCUT2D eigenvalue weighted by Crippen LogP contribution is 2.38. The molecule has 1 N–H and O–H groups in total. The first-order chi connectivity index (χ1) is 6.22. The molecule has 0 amide bonds. The molecule has 72 valence electrons. The molecule has 13 heavy (non-hydrogen) atoms. The fraction of sp³-hybridized carbons (Fsp3) is 0.333. The molecule has 1 aromatic rings. The van der Waals surface area contributed by atoms with Crippen molar-refractivity contribution in [1.29, 1.82) is 0 Å². The van der Waals surface area contributed by atoms with Crippen molar-refractivity contribution >= 4 is 35.3 Å². The van der Waals surface area contributed by atoms with Gasteiger partial charge in [0.25, 0.3) is 0 Å². The van der Waals surface area contributed by atoms with Crippen LogP contribution in [0.25, 0.3) is 0 Å². The van der Waals surface area contributed by atoms with Crippen molar-refractivity contribution in [2.24, 2.45) is 0 Å². The van der Waals surface area contributed by atoms with Gasteiger partial charge in [0.15, 0.2) is 0 Å². The summed E-state index contributed by atoms with van der Waals surface area (Å²) in [7, 11) is 0. The molecular weight excluding hydrogens is 220 g/mol. The average Bonchev–Trinajstić information content (AvgIpc) is 2.16. The van der Waals surface area contributed by atoms with Crippen molar-refractivity contribution in [3.8, 4) is 5.75 Å². The maximum Gasteiger partial charge on any atom is 0.117 e. The predicted octanol–water partition coefficient (Wildman–Crippen LogP) is 3.56. The SMILES string of the molecule is CSc1cc(O)cc(SC)c1SC. The normalized spacial score (nSPS) is 10.4. The molecule has 4 heteroatoms. The predicted molar refractivity (Wildman–Crippen MR) is 63.4 cm³/mol. The zero-order valence-corrected chi connectivity index (χ0v) is 10.3. The highest BCUT2D eigenvalue weighted by Gasteiger charge is 2.08. The number of aromatic hydroxyl groups is 1. The second kappa shape index (κ2) is 5.08. The Kier molecular flexibility index (Phi) is 4.35. The van der Waals surface area contributed by atoms with E-state index in [0.29, 0.717) is 5.75 Å². The maximum atomic E-state index is 9.44. The van der Waals surface area contributed by atoms with E-state index in [9.17, 15) is 5.11 Å². The topological polar surface area (TPSA) is 20.2 Å². The van der Waals surface area contributed by atoms with Crippen molar-refractivity contribution in [2.45, 2.75) is 14.7 Å². The van der Waals surface area contributed by atoms with Crippen molar-refractivity contribution in [3.05, 3.63) is 12.1 Å². The Morgan fingerprint density at radius 1 is 0.923 bits per heavy atom. The summed E-state index contributed by atoms with van der Waals surface area (Å²) in [6.45, 7) is 0. The van der Waals surface area contributed by atoms with E-state index >= 15 is 0 Å². The van der Waals surface area contributed by atoms with E-state index < -0.39 is 0 Å².